The minimum atomic E-state index is -4.77. The molecule has 2 aliphatic rings. The third kappa shape index (κ3) is 4.80. The van der Waals surface area contributed by atoms with Crippen LogP contribution in [0.25, 0.3) is 11.1 Å². The summed E-state index contributed by atoms with van der Waals surface area (Å²) in [5.41, 5.74) is 15.2. The third-order valence-corrected chi connectivity index (χ3v) is 7.73. The molecule has 2 unspecified atom stereocenters. The van der Waals surface area contributed by atoms with Crippen LogP contribution < -0.4 is 27.6 Å². The van der Waals surface area contributed by atoms with Crippen molar-refractivity contribution in [3.63, 3.8) is 0 Å². The van der Waals surface area contributed by atoms with Crippen molar-refractivity contribution in [1.29, 1.82) is 0 Å². The molecule has 2 aromatic carbocycles. The largest absolute Gasteiger partial charge is 0.417 e. The Bertz CT molecular complexity index is 1200. The third-order valence-electron chi connectivity index (χ3n) is 5.60. The molecule has 8 nitrogen and oxygen atoms in total. The van der Waals surface area contributed by atoms with Crippen molar-refractivity contribution in [2.75, 3.05) is 12.3 Å². The van der Waals surface area contributed by atoms with Gasteiger partial charge in [-0.2, -0.15) is 18.6 Å². The van der Waals surface area contributed by atoms with Gasteiger partial charge in [0.2, 0.25) is 11.7 Å². The number of hydrogen-bond acceptors (Lipinski definition) is 8. The average Bonchev–Trinajstić information content (AvgIpc) is 3.36. The molecule has 0 aromatic heterocycles. The number of hydrogen-bond donors (Lipinski definition) is 5. The van der Waals surface area contributed by atoms with Crippen LogP contribution in [-0.2, 0) is 21.8 Å². The van der Waals surface area contributed by atoms with E-state index in [2.05, 4.69) is 21.2 Å². The number of nitrogens with one attached hydrogen (secondary N) is 3. The molecule has 0 saturated carbocycles. The van der Waals surface area contributed by atoms with Gasteiger partial charge in [0.05, 0.1) is 16.2 Å². The highest BCUT2D eigenvalue weighted by Gasteiger charge is 2.39. The lowest BCUT2D eigenvalue weighted by Gasteiger charge is -2.24. The first kappa shape index (κ1) is 23.8. The molecule has 178 valence electrons. The van der Waals surface area contributed by atoms with E-state index in [1.54, 1.807) is 0 Å². The number of alkyl halides is 3. The van der Waals surface area contributed by atoms with Crippen LogP contribution in [0, 0.1) is 0 Å². The molecule has 0 bridgehead atoms. The molecule has 1 fully saturated rings. The summed E-state index contributed by atoms with van der Waals surface area (Å²) in [6.45, 7) is 0.765. The van der Waals surface area contributed by atoms with E-state index in [1.165, 1.54) is 30.3 Å². The Morgan fingerprint density at radius 3 is 2.45 bits per heavy atom. The maximum atomic E-state index is 14.0. The van der Waals surface area contributed by atoms with Gasteiger partial charge in [-0.3, -0.25) is 11.2 Å². The fraction of sp³-hybridized carbons (Fsp3) is 0.350. The first-order valence-electron chi connectivity index (χ1n) is 10.0. The molecule has 1 saturated heterocycles. The van der Waals surface area contributed by atoms with Crippen molar-refractivity contribution in [3.8, 4) is 11.1 Å². The standard InChI is InChI=1S/C20H22ClF3N6O2S/c21-16-9-12(20(26)28-18(25)29-30-20)8-15(19(22,23)24)17(16)11-3-5-14(6-4-11)33(31,32)10-13-2-1-7-27-13/h3-6,8-9,13,27,30H,1-2,7,10,26H2,(H3,25,28,29). The van der Waals surface area contributed by atoms with Gasteiger partial charge in [-0.15, -0.1) is 0 Å². The normalized spacial score (nSPS) is 23.4. The van der Waals surface area contributed by atoms with Gasteiger partial charge in [-0.1, -0.05) is 23.7 Å². The van der Waals surface area contributed by atoms with Crippen LogP contribution in [0.5, 0.6) is 0 Å². The Morgan fingerprint density at radius 1 is 1.21 bits per heavy atom. The van der Waals surface area contributed by atoms with E-state index in [0.29, 0.717) is 0 Å². The van der Waals surface area contributed by atoms with Gasteiger partial charge in [-0.05, 0) is 49.2 Å². The first-order chi connectivity index (χ1) is 15.4. The predicted octanol–water partition coefficient (Wildman–Crippen LogP) is 2.04. The molecule has 0 amide bonds. The lowest BCUT2D eigenvalue weighted by atomic mass is 9.95. The maximum absolute atomic E-state index is 14.0. The van der Waals surface area contributed by atoms with Gasteiger partial charge in [-0.25, -0.2) is 13.4 Å². The Balaban J connectivity index is 1.72. The minimum absolute atomic E-state index is 0.0354. The summed E-state index contributed by atoms with van der Waals surface area (Å²) < 4.78 is 67.3. The highest BCUT2D eigenvalue weighted by molar-refractivity contribution is 7.91. The van der Waals surface area contributed by atoms with E-state index in [0.717, 1.165) is 25.5 Å². The number of sulfone groups is 1. The Labute approximate surface area is 193 Å². The molecule has 2 aliphatic heterocycles. The van der Waals surface area contributed by atoms with E-state index >= 15 is 0 Å². The molecular weight excluding hydrogens is 481 g/mol. The van der Waals surface area contributed by atoms with Crippen LogP contribution in [0.3, 0.4) is 0 Å². The second-order valence-electron chi connectivity index (χ2n) is 7.99. The highest BCUT2D eigenvalue weighted by atomic mass is 35.5. The number of nitrogens with zero attached hydrogens (tertiary/aromatic N) is 1. The lowest BCUT2D eigenvalue weighted by Crippen LogP contribution is -2.50. The van der Waals surface area contributed by atoms with E-state index < -0.39 is 27.4 Å². The van der Waals surface area contributed by atoms with Crippen molar-refractivity contribution in [2.24, 2.45) is 16.5 Å². The number of nitrogens with two attached hydrogens (primary N) is 2. The molecule has 0 aliphatic carbocycles. The van der Waals surface area contributed by atoms with Gasteiger partial charge in [0.15, 0.2) is 9.84 Å². The summed E-state index contributed by atoms with van der Waals surface area (Å²) in [7, 11) is -3.60. The van der Waals surface area contributed by atoms with Crippen molar-refractivity contribution >= 4 is 27.4 Å². The topological polar surface area (TPSA) is 135 Å². The summed E-state index contributed by atoms with van der Waals surface area (Å²) in [5.74, 6) is -1.90. The zero-order valence-electron chi connectivity index (χ0n) is 17.2. The zero-order chi connectivity index (χ0) is 24.0. The van der Waals surface area contributed by atoms with Gasteiger partial charge >= 0.3 is 6.18 Å². The van der Waals surface area contributed by atoms with Crippen molar-refractivity contribution < 1.29 is 21.6 Å². The number of halogens is 4. The quantitative estimate of drug-likeness (QED) is 0.422. The van der Waals surface area contributed by atoms with Crippen LogP contribution >= 0.6 is 11.6 Å². The van der Waals surface area contributed by atoms with Crippen molar-refractivity contribution in [1.82, 2.24) is 16.2 Å². The highest BCUT2D eigenvalue weighted by Crippen LogP contribution is 2.43. The zero-order valence-corrected chi connectivity index (χ0v) is 18.8. The summed E-state index contributed by atoms with van der Waals surface area (Å²) in [5, 5.41) is 2.90. The second-order valence-corrected chi connectivity index (χ2v) is 10.4. The smallest absolute Gasteiger partial charge is 0.369 e. The van der Waals surface area contributed by atoms with Crippen LogP contribution in [0.15, 0.2) is 46.3 Å². The Morgan fingerprint density at radius 2 is 1.91 bits per heavy atom. The number of aliphatic imine (C=N–C) groups is 1. The first-order valence-corrected chi connectivity index (χ1v) is 12.1. The van der Waals surface area contributed by atoms with Gasteiger partial charge in [0.1, 0.15) is 0 Å². The molecular formula is C20H22ClF3N6O2S. The second kappa shape index (κ2) is 8.44. The fourth-order valence-corrected chi connectivity index (χ4v) is 5.86. The number of rotatable bonds is 5. The molecule has 2 heterocycles. The van der Waals surface area contributed by atoms with E-state index in [-0.39, 0.29) is 44.4 Å². The molecule has 13 heteroatoms. The van der Waals surface area contributed by atoms with Gasteiger partial charge < -0.3 is 11.1 Å². The van der Waals surface area contributed by atoms with Crippen LogP contribution in [0.4, 0.5) is 13.2 Å². The van der Waals surface area contributed by atoms with E-state index in [1.807, 2.05) is 0 Å². The molecule has 7 N–H and O–H groups in total. The van der Waals surface area contributed by atoms with Crippen LogP contribution in [-0.4, -0.2) is 32.7 Å². The molecule has 33 heavy (non-hydrogen) atoms. The molecule has 2 aromatic rings. The minimum Gasteiger partial charge on any atom is -0.369 e. The van der Waals surface area contributed by atoms with Crippen molar-refractivity contribution in [3.05, 3.63) is 52.5 Å². The van der Waals surface area contributed by atoms with Crippen LogP contribution in [0.1, 0.15) is 24.0 Å². The summed E-state index contributed by atoms with van der Waals surface area (Å²) in [4.78, 5) is 3.93. The molecule has 0 radical (unpaired) electrons. The SMILES string of the molecule is NC1=NC(N)(c2cc(Cl)c(-c3ccc(S(=O)(=O)CC4CCCN4)cc3)c(C(F)(F)F)c2)NN1. The molecule has 2 atom stereocenters. The maximum Gasteiger partial charge on any atom is 0.417 e. The monoisotopic (exact) mass is 502 g/mol. The van der Waals surface area contributed by atoms with E-state index in [9.17, 15) is 21.6 Å². The van der Waals surface area contributed by atoms with Gasteiger partial charge in [0, 0.05) is 22.2 Å². The predicted molar refractivity (Wildman–Crippen MR) is 119 cm³/mol. The number of guanidine groups is 1. The summed E-state index contributed by atoms with van der Waals surface area (Å²) in [6, 6.07) is 7.19. The average molecular weight is 503 g/mol. The molecule has 4 rings (SSSR count). The van der Waals surface area contributed by atoms with E-state index in [4.69, 9.17) is 23.1 Å². The summed E-state index contributed by atoms with van der Waals surface area (Å²) in [6.07, 6.45) is -3.11. The summed E-state index contributed by atoms with van der Waals surface area (Å²) >= 11 is 6.29. The molecule has 0 spiro atoms. The number of hydrazine groups is 1. The number of benzene rings is 2. The van der Waals surface area contributed by atoms with Gasteiger partial charge in [0.25, 0.3) is 0 Å². The van der Waals surface area contributed by atoms with Crippen molar-refractivity contribution in [2.45, 2.75) is 35.7 Å². The fourth-order valence-electron chi connectivity index (χ4n) is 3.97. The Kier molecular flexibility index (Phi) is 6.08. The lowest BCUT2D eigenvalue weighted by molar-refractivity contribution is -0.137. The Hall–Kier alpha value is -2.38. The van der Waals surface area contributed by atoms with Crippen LogP contribution in [0.2, 0.25) is 5.02 Å².